The summed E-state index contributed by atoms with van der Waals surface area (Å²) in [6, 6.07) is 14.1. The average Bonchev–Trinajstić information content (AvgIpc) is 2.58. The van der Waals surface area contributed by atoms with Crippen LogP contribution >= 0.6 is 0 Å². The lowest BCUT2D eigenvalue weighted by Crippen LogP contribution is -1.92. The molecule has 0 heterocycles. The molecule has 118 valence electrons. The van der Waals surface area contributed by atoms with Gasteiger partial charge in [-0.1, -0.05) is 49.7 Å². The summed E-state index contributed by atoms with van der Waals surface area (Å²) in [6.45, 7) is 2.16. The molecule has 3 rings (SSSR count). The van der Waals surface area contributed by atoms with Gasteiger partial charge in [0.1, 0.15) is 0 Å². The number of hydrogen-bond donors (Lipinski definition) is 0. The minimum atomic E-state index is -1.43. The molecule has 0 amide bonds. The molecule has 0 nitrogen and oxygen atoms in total. The fraction of sp³-hybridized carbons (Fsp3) is 0.200. The van der Waals surface area contributed by atoms with Gasteiger partial charge < -0.3 is 0 Å². The van der Waals surface area contributed by atoms with E-state index in [2.05, 4.69) is 19.1 Å². The zero-order chi connectivity index (χ0) is 16.4. The van der Waals surface area contributed by atoms with Crippen LogP contribution < -0.4 is 0 Å². The molecular weight excluding hydrogens is 297 g/mol. The molecule has 0 spiro atoms. The van der Waals surface area contributed by atoms with Crippen molar-refractivity contribution in [2.24, 2.45) is 0 Å². The van der Waals surface area contributed by atoms with E-state index in [9.17, 15) is 13.2 Å². The Hall–Kier alpha value is -2.29. The van der Waals surface area contributed by atoms with E-state index in [0.717, 1.165) is 36.5 Å². The Bertz CT molecular complexity index is 836. The van der Waals surface area contributed by atoms with Crippen LogP contribution in [0.25, 0.3) is 21.9 Å². The highest BCUT2D eigenvalue weighted by Gasteiger charge is 2.13. The third kappa shape index (κ3) is 3.09. The molecule has 0 atom stereocenters. The number of hydrogen-bond acceptors (Lipinski definition) is 0. The van der Waals surface area contributed by atoms with Gasteiger partial charge in [0.15, 0.2) is 17.5 Å². The van der Waals surface area contributed by atoms with Crippen molar-refractivity contribution < 1.29 is 13.2 Å². The molecule has 0 saturated heterocycles. The number of benzene rings is 3. The van der Waals surface area contributed by atoms with Crippen LogP contribution in [0.15, 0.2) is 48.5 Å². The predicted octanol–water partition coefficient (Wildman–Crippen LogP) is 6.27. The Labute approximate surface area is 133 Å². The number of halogens is 3. The molecule has 0 saturated carbocycles. The lowest BCUT2D eigenvalue weighted by atomic mass is 9.99. The molecule has 0 N–H and O–H groups in total. The summed E-state index contributed by atoms with van der Waals surface area (Å²) in [7, 11) is 0. The van der Waals surface area contributed by atoms with Crippen molar-refractivity contribution in [2.75, 3.05) is 0 Å². The quantitative estimate of drug-likeness (QED) is 0.498. The normalized spacial score (nSPS) is 11.1. The van der Waals surface area contributed by atoms with E-state index in [0.29, 0.717) is 5.39 Å². The van der Waals surface area contributed by atoms with Gasteiger partial charge in [-0.3, -0.25) is 0 Å². The average molecular weight is 314 g/mol. The third-order valence-corrected chi connectivity index (χ3v) is 4.08. The molecular formula is C20H17F3. The first-order valence-electron chi connectivity index (χ1n) is 7.76. The lowest BCUT2D eigenvalue weighted by molar-refractivity contribution is 0.453. The molecule has 0 bridgehead atoms. The molecule has 0 aliphatic carbocycles. The first-order valence-corrected chi connectivity index (χ1v) is 7.76. The molecule has 0 aliphatic rings. The molecule has 0 aliphatic heterocycles. The SMILES string of the molecule is CCCCc1ccc(-c2ccc3c(F)c(F)c(F)cc3c2)cc1. The van der Waals surface area contributed by atoms with Crippen molar-refractivity contribution in [3.63, 3.8) is 0 Å². The van der Waals surface area contributed by atoms with Crippen LogP contribution in [0.5, 0.6) is 0 Å². The molecule has 0 aromatic heterocycles. The van der Waals surface area contributed by atoms with Gasteiger partial charge in [-0.2, -0.15) is 0 Å². The van der Waals surface area contributed by atoms with Crippen LogP contribution in [0.3, 0.4) is 0 Å². The first kappa shape index (κ1) is 15.6. The number of fused-ring (bicyclic) bond motifs is 1. The Morgan fingerprint density at radius 2 is 1.48 bits per heavy atom. The van der Waals surface area contributed by atoms with Gasteiger partial charge in [-0.05, 0) is 47.1 Å². The Kier molecular flexibility index (Phi) is 4.37. The number of unbranched alkanes of at least 4 members (excludes halogenated alkanes) is 1. The summed E-state index contributed by atoms with van der Waals surface area (Å²) >= 11 is 0. The fourth-order valence-corrected chi connectivity index (χ4v) is 2.73. The Morgan fingerprint density at radius 3 is 2.17 bits per heavy atom. The van der Waals surface area contributed by atoms with Crippen LogP contribution in [-0.2, 0) is 6.42 Å². The minimum Gasteiger partial charge on any atom is -0.204 e. The molecule has 0 radical (unpaired) electrons. The van der Waals surface area contributed by atoms with Crippen LogP contribution in [0, 0.1) is 17.5 Å². The lowest BCUT2D eigenvalue weighted by Gasteiger charge is -2.07. The summed E-state index contributed by atoms with van der Waals surface area (Å²) in [5, 5.41) is 0.446. The third-order valence-electron chi connectivity index (χ3n) is 4.08. The van der Waals surface area contributed by atoms with Crippen LogP contribution in [0.2, 0.25) is 0 Å². The number of rotatable bonds is 4. The Morgan fingerprint density at radius 1 is 0.783 bits per heavy atom. The zero-order valence-corrected chi connectivity index (χ0v) is 12.9. The molecule has 0 unspecified atom stereocenters. The van der Waals surface area contributed by atoms with Crippen molar-refractivity contribution in [1.29, 1.82) is 0 Å². The zero-order valence-electron chi connectivity index (χ0n) is 12.9. The molecule has 3 heteroatoms. The molecule has 3 aromatic rings. The maximum Gasteiger partial charge on any atom is 0.195 e. The molecule has 23 heavy (non-hydrogen) atoms. The van der Waals surface area contributed by atoms with E-state index in [-0.39, 0.29) is 5.39 Å². The van der Waals surface area contributed by atoms with Gasteiger partial charge >= 0.3 is 0 Å². The van der Waals surface area contributed by atoms with Gasteiger partial charge in [-0.15, -0.1) is 0 Å². The largest absolute Gasteiger partial charge is 0.204 e. The standard InChI is InChI=1S/C20H17F3/c1-2-3-4-13-5-7-14(8-6-13)15-9-10-17-16(11-15)12-18(21)20(23)19(17)22/h5-12H,2-4H2,1H3. The maximum absolute atomic E-state index is 13.7. The molecule has 0 fully saturated rings. The van der Waals surface area contributed by atoms with Gasteiger partial charge in [0.25, 0.3) is 0 Å². The van der Waals surface area contributed by atoms with E-state index >= 15 is 0 Å². The van der Waals surface area contributed by atoms with E-state index in [1.165, 1.54) is 11.6 Å². The van der Waals surface area contributed by atoms with Gasteiger partial charge in [-0.25, -0.2) is 13.2 Å². The van der Waals surface area contributed by atoms with Crippen molar-refractivity contribution in [3.8, 4) is 11.1 Å². The second-order valence-electron chi connectivity index (χ2n) is 5.72. The summed E-state index contributed by atoms with van der Waals surface area (Å²) in [5.41, 5.74) is 3.10. The second-order valence-corrected chi connectivity index (χ2v) is 5.72. The van der Waals surface area contributed by atoms with Gasteiger partial charge in [0, 0.05) is 5.39 Å². The predicted molar refractivity (Wildman–Crippen MR) is 87.9 cm³/mol. The number of aryl methyl sites for hydroxylation is 1. The van der Waals surface area contributed by atoms with Crippen molar-refractivity contribution in [1.82, 2.24) is 0 Å². The van der Waals surface area contributed by atoms with Gasteiger partial charge in [0.2, 0.25) is 0 Å². The van der Waals surface area contributed by atoms with Crippen LogP contribution in [-0.4, -0.2) is 0 Å². The molecule has 3 aromatic carbocycles. The highest BCUT2D eigenvalue weighted by molar-refractivity contribution is 5.88. The minimum absolute atomic E-state index is 0.0900. The highest BCUT2D eigenvalue weighted by Crippen LogP contribution is 2.28. The van der Waals surface area contributed by atoms with E-state index in [1.807, 2.05) is 12.1 Å². The maximum atomic E-state index is 13.7. The van der Waals surface area contributed by atoms with Crippen LogP contribution in [0.1, 0.15) is 25.3 Å². The first-order chi connectivity index (χ1) is 11.1. The van der Waals surface area contributed by atoms with Crippen molar-refractivity contribution in [3.05, 3.63) is 71.5 Å². The van der Waals surface area contributed by atoms with Crippen LogP contribution in [0.4, 0.5) is 13.2 Å². The van der Waals surface area contributed by atoms with Crippen molar-refractivity contribution >= 4 is 10.8 Å². The topological polar surface area (TPSA) is 0 Å². The summed E-state index contributed by atoms with van der Waals surface area (Å²) < 4.78 is 40.4. The Balaban J connectivity index is 1.98. The summed E-state index contributed by atoms with van der Waals surface area (Å²) in [5.74, 6) is -3.73. The fourth-order valence-electron chi connectivity index (χ4n) is 2.73. The monoisotopic (exact) mass is 314 g/mol. The van der Waals surface area contributed by atoms with E-state index < -0.39 is 17.5 Å². The summed E-state index contributed by atoms with van der Waals surface area (Å²) in [4.78, 5) is 0. The van der Waals surface area contributed by atoms with Gasteiger partial charge in [0.05, 0.1) is 0 Å². The highest BCUT2D eigenvalue weighted by atomic mass is 19.2. The smallest absolute Gasteiger partial charge is 0.195 e. The second kappa shape index (κ2) is 6.45. The summed E-state index contributed by atoms with van der Waals surface area (Å²) in [6.07, 6.45) is 3.35. The van der Waals surface area contributed by atoms with E-state index in [1.54, 1.807) is 12.1 Å². The van der Waals surface area contributed by atoms with Crippen molar-refractivity contribution in [2.45, 2.75) is 26.2 Å². The van der Waals surface area contributed by atoms with E-state index in [4.69, 9.17) is 0 Å².